The third-order valence-electron chi connectivity index (χ3n) is 3.32. The van der Waals surface area contributed by atoms with Crippen LogP contribution in [0.25, 0.3) is 0 Å². The Kier molecular flexibility index (Phi) is 7.53. The lowest BCUT2D eigenvalue weighted by Crippen LogP contribution is -2.48. The van der Waals surface area contributed by atoms with Gasteiger partial charge in [-0.2, -0.15) is 0 Å². The van der Waals surface area contributed by atoms with E-state index in [1.165, 1.54) is 6.42 Å². The number of hydrogen-bond acceptors (Lipinski definition) is 3. The molecule has 0 spiro atoms. The summed E-state index contributed by atoms with van der Waals surface area (Å²) in [5.41, 5.74) is 0.979. The fraction of sp³-hybridized carbons (Fsp3) is 0.625. The average Bonchev–Trinajstić information content (AvgIpc) is 2.33. The molecule has 0 unspecified atom stereocenters. The zero-order valence-corrected chi connectivity index (χ0v) is 13.5. The first-order valence-corrected chi connectivity index (χ1v) is 6.76. The van der Waals surface area contributed by atoms with Crippen molar-refractivity contribution in [3.8, 4) is 0 Å². The second-order valence-electron chi connectivity index (χ2n) is 5.60. The van der Waals surface area contributed by atoms with Crippen LogP contribution in [0.15, 0.2) is 36.8 Å². The molecular weight excluding hydrogens is 236 g/mol. The molecule has 0 aliphatic heterocycles. The number of rotatable bonds is 9. The topological polar surface area (TPSA) is 15.7 Å². The van der Waals surface area contributed by atoms with E-state index in [0.717, 1.165) is 18.8 Å². The molecule has 0 fully saturated rings. The molecule has 0 amide bonds. The summed E-state index contributed by atoms with van der Waals surface area (Å²) in [6, 6.07) is 0. The molecule has 19 heavy (non-hydrogen) atoms. The maximum Gasteiger partial charge on any atom is 0.111 e. The van der Waals surface area contributed by atoms with Crippen molar-refractivity contribution in [2.45, 2.75) is 32.7 Å². The van der Waals surface area contributed by atoms with Crippen LogP contribution >= 0.6 is 0 Å². The van der Waals surface area contributed by atoms with Crippen molar-refractivity contribution in [3.05, 3.63) is 36.8 Å². The molecule has 0 aliphatic rings. The van der Waals surface area contributed by atoms with Gasteiger partial charge in [0.05, 0.1) is 7.11 Å². The van der Waals surface area contributed by atoms with Crippen molar-refractivity contribution >= 4 is 0 Å². The van der Waals surface area contributed by atoms with Gasteiger partial charge in [0.25, 0.3) is 0 Å². The van der Waals surface area contributed by atoms with E-state index in [1.54, 1.807) is 7.11 Å². The summed E-state index contributed by atoms with van der Waals surface area (Å²) in [5.74, 6) is 0.635. The highest BCUT2D eigenvalue weighted by molar-refractivity contribution is 5.21. The molecule has 0 saturated carbocycles. The molecule has 0 radical (unpaired) electrons. The van der Waals surface area contributed by atoms with E-state index < -0.39 is 0 Å². The van der Waals surface area contributed by atoms with Crippen molar-refractivity contribution in [1.82, 2.24) is 9.80 Å². The van der Waals surface area contributed by atoms with Gasteiger partial charge < -0.3 is 14.5 Å². The number of allylic oxidation sites excluding steroid dienone is 2. The molecule has 0 aromatic heterocycles. The molecule has 0 rings (SSSR count). The number of nitrogens with zero attached hydrogens (tertiary/aromatic N) is 2. The van der Waals surface area contributed by atoms with E-state index in [4.69, 9.17) is 4.74 Å². The zero-order chi connectivity index (χ0) is 15.1. The monoisotopic (exact) mass is 266 g/mol. The Labute approximate surface area is 119 Å². The first kappa shape index (κ1) is 17.8. The molecular formula is C16H30N2O. The van der Waals surface area contributed by atoms with Gasteiger partial charge in [0.2, 0.25) is 0 Å². The van der Waals surface area contributed by atoms with Crippen LogP contribution in [0, 0.1) is 0 Å². The molecule has 0 N–H and O–H groups in total. The normalized spacial score (nSPS) is 11.9. The van der Waals surface area contributed by atoms with Crippen LogP contribution in [-0.4, -0.2) is 49.6 Å². The third kappa shape index (κ3) is 6.48. The number of ether oxygens (including phenoxy) is 1. The van der Waals surface area contributed by atoms with Crippen molar-refractivity contribution in [3.63, 3.8) is 0 Å². The van der Waals surface area contributed by atoms with Crippen LogP contribution in [0.4, 0.5) is 0 Å². The molecule has 110 valence electrons. The zero-order valence-electron chi connectivity index (χ0n) is 13.5. The fourth-order valence-electron chi connectivity index (χ4n) is 1.99. The molecule has 0 saturated heterocycles. The first-order chi connectivity index (χ1) is 8.74. The highest BCUT2D eigenvalue weighted by Crippen LogP contribution is 2.19. The van der Waals surface area contributed by atoms with Crippen LogP contribution < -0.4 is 0 Å². The predicted octanol–water partition coefficient (Wildman–Crippen LogP) is 3.27. The van der Waals surface area contributed by atoms with Crippen molar-refractivity contribution in [2.75, 3.05) is 34.3 Å². The van der Waals surface area contributed by atoms with Crippen LogP contribution in [0.1, 0.15) is 27.2 Å². The average molecular weight is 266 g/mol. The Bertz CT molecular complexity index is 332. The number of methoxy groups -OCH3 is 1. The van der Waals surface area contributed by atoms with Gasteiger partial charge in [0, 0.05) is 24.8 Å². The van der Waals surface area contributed by atoms with E-state index in [1.807, 2.05) is 12.2 Å². The highest BCUT2D eigenvalue weighted by Gasteiger charge is 2.25. The molecule has 3 nitrogen and oxygen atoms in total. The van der Waals surface area contributed by atoms with Crippen molar-refractivity contribution < 1.29 is 4.74 Å². The predicted molar refractivity (Wildman–Crippen MR) is 84.1 cm³/mol. The minimum absolute atomic E-state index is 0.0275. The van der Waals surface area contributed by atoms with Crippen LogP contribution in [0.5, 0.6) is 0 Å². The Morgan fingerprint density at radius 1 is 1.21 bits per heavy atom. The van der Waals surface area contributed by atoms with E-state index in [0.29, 0.717) is 5.76 Å². The van der Waals surface area contributed by atoms with Crippen LogP contribution in [0.3, 0.4) is 0 Å². The quantitative estimate of drug-likeness (QED) is 0.470. The Morgan fingerprint density at radius 2 is 1.79 bits per heavy atom. The molecule has 0 aliphatic carbocycles. The molecule has 3 heteroatoms. The molecule has 0 atom stereocenters. The maximum absolute atomic E-state index is 5.01. The lowest BCUT2D eigenvalue weighted by Gasteiger charge is -2.40. The minimum Gasteiger partial charge on any atom is -0.497 e. The summed E-state index contributed by atoms with van der Waals surface area (Å²) in [6.07, 6.45) is 4.95. The largest absolute Gasteiger partial charge is 0.497 e. The van der Waals surface area contributed by atoms with Gasteiger partial charge in [0.1, 0.15) is 5.76 Å². The van der Waals surface area contributed by atoms with Gasteiger partial charge in [-0.1, -0.05) is 20.1 Å². The van der Waals surface area contributed by atoms with Gasteiger partial charge >= 0.3 is 0 Å². The third-order valence-corrected chi connectivity index (χ3v) is 3.32. The lowest BCUT2D eigenvalue weighted by atomic mass is 10.0. The van der Waals surface area contributed by atoms with Gasteiger partial charge in [-0.3, -0.25) is 0 Å². The van der Waals surface area contributed by atoms with Crippen LogP contribution in [-0.2, 0) is 4.74 Å². The van der Waals surface area contributed by atoms with Crippen molar-refractivity contribution in [2.24, 2.45) is 0 Å². The standard InChI is InChI=1S/C16H30N2O/c1-9-12-17(6)13-16(4,5)18(7)14(2)10-11-15(3)19-8/h10-11H,2-3,9,12-13H2,1,4-8H3/b11-10-. The Balaban J connectivity index is 4.60. The summed E-state index contributed by atoms with van der Waals surface area (Å²) in [5, 5.41) is 0. The molecule has 0 aromatic rings. The summed E-state index contributed by atoms with van der Waals surface area (Å²) < 4.78 is 5.01. The van der Waals surface area contributed by atoms with Gasteiger partial charge in [-0.25, -0.2) is 0 Å². The maximum atomic E-state index is 5.01. The van der Waals surface area contributed by atoms with Gasteiger partial charge in [0.15, 0.2) is 0 Å². The Hall–Kier alpha value is -1.22. The van der Waals surface area contributed by atoms with Gasteiger partial charge in [-0.05, 0) is 46.0 Å². The Morgan fingerprint density at radius 3 is 2.26 bits per heavy atom. The van der Waals surface area contributed by atoms with Gasteiger partial charge in [-0.15, -0.1) is 0 Å². The lowest BCUT2D eigenvalue weighted by molar-refractivity contribution is 0.144. The highest BCUT2D eigenvalue weighted by atomic mass is 16.5. The SMILES string of the molecule is C=C(/C=C\C(=C)N(C)C(C)(C)CN(C)CCC)OC. The molecule has 0 aromatic carbocycles. The number of likely N-dealkylation sites (N-methyl/N-ethyl adjacent to an activating group) is 2. The number of hydrogen-bond donors (Lipinski definition) is 0. The molecule has 0 bridgehead atoms. The second-order valence-corrected chi connectivity index (χ2v) is 5.60. The minimum atomic E-state index is 0.0275. The fourth-order valence-corrected chi connectivity index (χ4v) is 1.99. The van der Waals surface area contributed by atoms with E-state index in [-0.39, 0.29) is 5.54 Å². The summed E-state index contributed by atoms with van der Waals surface area (Å²) in [7, 11) is 5.84. The van der Waals surface area contributed by atoms with E-state index in [9.17, 15) is 0 Å². The van der Waals surface area contributed by atoms with E-state index in [2.05, 4.69) is 57.8 Å². The first-order valence-electron chi connectivity index (χ1n) is 6.76. The smallest absolute Gasteiger partial charge is 0.111 e. The molecule has 0 heterocycles. The summed E-state index contributed by atoms with van der Waals surface area (Å²) in [4.78, 5) is 4.54. The summed E-state index contributed by atoms with van der Waals surface area (Å²) in [6.45, 7) is 16.6. The summed E-state index contributed by atoms with van der Waals surface area (Å²) >= 11 is 0. The van der Waals surface area contributed by atoms with E-state index >= 15 is 0 Å². The van der Waals surface area contributed by atoms with Crippen LogP contribution in [0.2, 0.25) is 0 Å². The van der Waals surface area contributed by atoms with Crippen molar-refractivity contribution in [1.29, 1.82) is 0 Å². The second kappa shape index (κ2) is 8.05.